The highest BCUT2D eigenvalue weighted by Gasteiger charge is 2.24. The normalized spacial score (nSPS) is 13.8. The molecule has 20 heavy (non-hydrogen) atoms. The summed E-state index contributed by atoms with van der Waals surface area (Å²) in [5.74, 6) is 0.0444. The number of methoxy groups -OCH3 is 1. The van der Waals surface area contributed by atoms with Gasteiger partial charge in [0.2, 0.25) is 0 Å². The SMILES string of the molecule is CCC(c1ccccc1)C(O)c1cc(F)ccc1OC. The van der Waals surface area contributed by atoms with Gasteiger partial charge in [0.1, 0.15) is 11.6 Å². The summed E-state index contributed by atoms with van der Waals surface area (Å²) in [6.07, 6.45) is -0.0433. The van der Waals surface area contributed by atoms with Crippen LogP contribution in [-0.4, -0.2) is 12.2 Å². The van der Waals surface area contributed by atoms with Crippen molar-refractivity contribution >= 4 is 0 Å². The molecule has 2 unspecified atom stereocenters. The zero-order valence-corrected chi connectivity index (χ0v) is 11.7. The average molecular weight is 274 g/mol. The largest absolute Gasteiger partial charge is 0.496 e. The number of ether oxygens (including phenoxy) is 1. The fourth-order valence-corrected chi connectivity index (χ4v) is 2.49. The highest BCUT2D eigenvalue weighted by molar-refractivity contribution is 5.38. The second-order valence-corrected chi connectivity index (χ2v) is 4.76. The maximum Gasteiger partial charge on any atom is 0.124 e. The third kappa shape index (κ3) is 2.99. The van der Waals surface area contributed by atoms with Crippen molar-refractivity contribution in [1.29, 1.82) is 0 Å². The summed E-state index contributed by atoms with van der Waals surface area (Å²) in [5.41, 5.74) is 1.53. The molecule has 2 aromatic carbocycles. The second kappa shape index (κ2) is 6.53. The van der Waals surface area contributed by atoms with Crippen LogP contribution in [0.4, 0.5) is 4.39 Å². The molecule has 0 aliphatic heterocycles. The van der Waals surface area contributed by atoms with Crippen molar-refractivity contribution in [3.8, 4) is 5.75 Å². The van der Waals surface area contributed by atoms with Gasteiger partial charge >= 0.3 is 0 Å². The molecule has 2 nitrogen and oxygen atoms in total. The molecule has 0 saturated carbocycles. The Morgan fingerprint density at radius 1 is 1.15 bits per heavy atom. The molecule has 0 fully saturated rings. The Morgan fingerprint density at radius 2 is 1.85 bits per heavy atom. The van der Waals surface area contributed by atoms with Crippen LogP contribution in [0, 0.1) is 5.82 Å². The third-order valence-corrected chi connectivity index (χ3v) is 3.56. The second-order valence-electron chi connectivity index (χ2n) is 4.76. The zero-order valence-electron chi connectivity index (χ0n) is 11.7. The Balaban J connectivity index is 2.38. The van der Waals surface area contributed by atoms with Crippen molar-refractivity contribution in [3.63, 3.8) is 0 Å². The van der Waals surface area contributed by atoms with Crippen LogP contribution in [0.2, 0.25) is 0 Å². The van der Waals surface area contributed by atoms with E-state index in [2.05, 4.69) is 0 Å². The lowest BCUT2D eigenvalue weighted by Crippen LogP contribution is -2.11. The fraction of sp³-hybridized carbons (Fsp3) is 0.294. The van der Waals surface area contributed by atoms with E-state index >= 15 is 0 Å². The molecule has 0 heterocycles. The van der Waals surface area contributed by atoms with Crippen LogP contribution in [0.1, 0.15) is 36.5 Å². The number of aliphatic hydroxyl groups excluding tert-OH is 1. The van der Waals surface area contributed by atoms with E-state index in [0.29, 0.717) is 11.3 Å². The van der Waals surface area contributed by atoms with Gasteiger partial charge in [-0.15, -0.1) is 0 Å². The molecule has 0 spiro atoms. The van der Waals surface area contributed by atoms with Crippen LogP contribution >= 0.6 is 0 Å². The van der Waals surface area contributed by atoms with Crippen LogP contribution < -0.4 is 4.74 Å². The quantitative estimate of drug-likeness (QED) is 0.891. The van der Waals surface area contributed by atoms with Gasteiger partial charge < -0.3 is 9.84 Å². The first-order valence-corrected chi connectivity index (χ1v) is 6.73. The van der Waals surface area contributed by atoms with Gasteiger partial charge in [0.15, 0.2) is 0 Å². The average Bonchev–Trinajstić information content (AvgIpc) is 2.49. The van der Waals surface area contributed by atoms with Crippen LogP contribution in [0.3, 0.4) is 0 Å². The lowest BCUT2D eigenvalue weighted by atomic mass is 9.87. The Hall–Kier alpha value is -1.87. The maximum absolute atomic E-state index is 13.4. The first kappa shape index (κ1) is 14.5. The molecule has 2 rings (SSSR count). The van der Waals surface area contributed by atoms with Gasteiger partial charge in [0.25, 0.3) is 0 Å². The molecule has 106 valence electrons. The minimum atomic E-state index is -0.798. The van der Waals surface area contributed by atoms with Gasteiger partial charge in [0.05, 0.1) is 13.2 Å². The number of aliphatic hydroxyl groups is 1. The van der Waals surface area contributed by atoms with E-state index in [1.165, 1.54) is 19.2 Å². The molecule has 1 N–H and O–H groups in total. The summed E-state index contributed by atoms with van der Waals surface area (Å²) in [4.78, 5) is 0. The van der Waals surface area contributed by atoms with Crippen LogP contribution in [0.25, 0.3) is 0 Å². The standard InChI is InChI=1S/C17H19FO2/c1-3-14(12-7-5-4-6-8-12)17(19)15-11-13(18)9-10-16(15)20-2/h4-11,14,17,19H,3H2,1-2H3. The number of rotatable bonds is 5. The molecule has 0 saturated heterocycles. The summed E-state index contributed by atoms with van der Waals surface area (Å²) in [5, 5.41) is 10.6. The Bertz CT molecular complexity index is 554. The van der Waals surface area contributed by atoms with E-state index in [1.54, 1.807) is 6.07 Å². The van der Waals surface area contributed by atoms with Gasteiger partial charge in [-0.2, -0.15) is 0 Å². The Morgan fingerprint density at radius 3 is 2.45 bits per heavy atom. The monoisotopic (exact) mass is 274 g/mol. The highest BCUT2D eigenvalue weighted by Crippen LogP contribution is 2.37. The van der Waals surface area contributed by atoms with E-state index in [9.17, 15) is 9.50 Å². The van der Waals surface area contributed by atoms with Crippen molar-refractivity contribution in [2.75, 3.05) is 7.11 Å². The van der Waals surface area contributed by atoms with Gasteiger partial charge in [-0.05, 0) is 30.2 Å². The molecule has 0 radical (unpaired) electrons. The van der Waals surface area contributed by atoms with E-state index in [0.717, 1.165) is 12.0 Å². The minimum Gasteiger partial charge on any atom is -0.496 e. The summed E-state index contributed by atoms with van der Waals surface area (Å²) >= 11 is 0. The van der Waals surface area contributed by atoms with Crippen molar-refractivity contribution in [2.24, 2.45) is 0 Å². The first-order chi connectivity index (χ1) is 9.67. The molecular formula is C17H19FO2. The molecule has 2 atom stereocenters. The van der Waals surface area contributed by atoms with Crippen LogP contribution in [-0.2, 0) is 0 Å². The van der Waals surface area contributed by atoms with Crippen molar-refractivity contribution in [3.05, 3.63) is 65.5 Å². The molecule has 0 aliphatic rings. The lowest BCUT2D eigenvalue weighted by Gasteiger charge is -2.24. The molecule has 0 aliphatic carbocycles. The van der Waals surface area contributed by atoms with Gasteiger partial charge in [-0.25, -0.2) is 4.39 Å². The number of benzene rings is 2. The fourth-order valence-electron chi connectivity index (χ4n) is 2.49. The summed E-state index contributed by atoms with van der Waals surface area (Å²) in [7, 11) is 1.52. The molecule has 2 aromatic rings. The highest BCUT2D eigenvalue weighted by atomic mass is 19.1. The summed E-state index contributed by atoms with van der Waals surface area (Å²) in [6.45, 7) is 2.01. The van der Waals surface area contributed by atoms with Gasteiger partial charge in [-0.3, -0.25) is 0 Å². The predicted octanol–water partition coefficient (Wildman–Crippen LogP) is 4.06. The topological polar surface area (TPSA) is 29.5 Å². The third-order valence-electron chi connectivity index (χ3n) is 3.56. The number of hydrogen-bond acceptors (Lipinski definition) is 2. The van der Waals surface area contributed by atoms with Crippen LogP contribution in [0.15, 0.2) is 48.5 Å². The molecule has 0 bridgehead atoms. The Labute approximate surface area is 118 Å². The zero-order chi connectivity index (χ0) is 14.5. The first-order valence-electron chi connectivity index (χ1n) is 6.73. The molecule has 0 aromatic heterocycles. The van der Waals surface area contributed by atoms with Crippen molar-refractivity contribution in [1.82, 2.24) is 0 Å². The molecular weight excluding hydrogens is 255 g/mol. The minimum absolute atomic E-state index is 0.0908. The lowest BCUT2D eigenvalue weighted by molar-refractivity contribution is 0.138. The van der Waals surface area contributed by atoms with Crippen LogP contribution in [0.5, 0.6) is 5.75 Å². The van der Waals surface area contributed by atoms with E-state index in [-0.39, 0.29) is 11.7 Å². The van der Waals surface area contributed by atoms with Gasteiger partial charge in [0, 0.05) is 11.5 Å². The molecule has 0 amide bonds. The van der Waals surface area contributed by atoms with E-state index < -0.39 is 6.10 Å². The maximum atomic E-state index is 13.4. The van der Waals surface area contributed by atoms with E-state index in [4.69, 9.17) is 4.74 Å². The summed E-state index contributed by atoms with van der Waals surface area (Å²) < 4.78 is 18.7. The Kier molecular flexibility index (Phi) is 4.74. The number of halogens is 1. The predicted molar refractivity (Wildman–Crippen MR) is 77.4 cm³/mol. The number of hydrogen-bond donors (Lipinski definition) is 1. The van der Waals surface area contributed by atoms with Crippen molar-refractivity contribution in [2.45, 2.75) is 25.4 Å². The molecule has 3 heteroatoms. The van der Waals surface area contributed by atoms with E-state index in [1.807, 2.05) is 37.3 Å². The van der Waals surface area contributed by atoms with Gasteiger partial charge in [-0.1, -0.05) is 37.3 Å². The smallest absolute Gasteiger partial charge is 0.124 e. The summed E-state index contributed by atoms with van der Waals surface area (Å²) in [6, 6.07) is 14.0. The van der Waals surface area contributed by atoms with Crippen molar-refractivity contribution < 1.29 is 14.2 Å².